The number of hydrogen-bond acceptors (Lipinski definition) is 5. The number of nitrogens with one attached hydrogen (secondary N) is 1. The molecule has 1 aromatic carbocycles. The fourth-order valence-corrected chi connectivity index (χ4v) is 5.85. The van der Waals surface area contributed by atoms with Crippen LogP contribution < -0.4 is 16.5 Å². The van der Waals surface area contributed by atoms with Crippen molar-refractivity contribution in [2.75, 3.05) is 12.8 Å². The zero-order valence-corrected chi connectivity index (χ0v) is 18.8. The van der Waals surface area contributed by atoms with E-state index in [9.17, 15) is 14.7 Å². The molecular formula is C22H22ClF2N3O3S. The van der Waals surface area contributed by atoms with Crippen molar-refractivity contribution >= 4 is 46.3 Å². The van der Waals surface area contributed by atoms with Crippen LogP contribution in [0.25, 0.3) is 21.3 Å². The summed E-state index contributed by atoms with van der Waals surface area (Å²) in [7, 11) is 1.86. The predicted molar refractivity (Wildman–Crippen MR) is 123 cm³/mol. The van der Waals surface area contributed by atoms with E-state index in [1.54, 1.807) is 6.07 Å². The summed E-state index contributed by atoms with van der Waals surface area (Å²) in [6.07, 6.45) is 5.39. The number of aryl methyl sites for hydroxylation is 1. The number of thiophene rings is 1. The lowest BCUT2D eigenvalue weighted by atomic mass is 9.93. The van der Waals surface area contributed by atoms with Gasteiger partial charge in [0.25, 0.3) is 0 Å². The van der Waals surface area contributed by atoms with Crippen molar-refractivity contribution in [2.24, 2.45) is 0 Å². The van der Waals surface area contributed by atoms with E-state index in [1.807, 2.05) is 7.05 Å². The number of aromatic carboxylic acids is 1. The van der Waals surface area contributed by atoms with Crippen LogP contribution in [0.3, 0.4) is 0 Å². The molecule has 1 atom stereocenters. The molecule has 1 saturated carbocycles. The molecule has 1 unspecified atom stereocenters. The molecule has 2 aromatic heterocycles. The third-order valence-corrected chi connectivity index (χ3v) is 7.50. The van der Waals surface area contributed by atoms with Crippen LogP contribution in [0.15, 0.2) is 17.1 Å². The quantitative estimate of drug-likeness (QED) is 0.471. The van der Waals surface area contributed by atoms with Gasteiger partial charge in [-0.1, -0.05) is 0 Å². The maximum Gasteiger partial charge on any atom is 0.341 e. The van der Waals surface area contributed by atoms with Crippen molar-refractivity contribution < 1.29 is 18.7 Å². The number of nitrogens with two attached hydrogens (primary N) is 1. The Balaban J connectivity index is 0.00000245. The molecule has 0 aliphatic heterocycles. The van der Waals surface area contributed by atoms with E-state index in [2.05, 4.69) is 5.32 Å². The maximum absolute atomic E-state index is 15.9. The smallest absolute Gasteiger partial charge is 0.341 e. The molecule has 10 heteroatoms. The maximum atomic E-state index is 15.9. The van der Waals surface area contributed by atoms with Crippen LogP contribution in [0.1, 0.15) is 58.6 Å². The SMILES string of the molecule is CNC1CCCc2sc(-c3c(F)c(N)c4c(=O)c(C(=O)O)cn(C5CC5)c4c3F)cc21.Cl. The average molecular weight is 482 g/mol. The van der Waals surface area contributed by atoms with Gasteiger partial charge in [0.2, 0.25) is 5.43 Å². The summed E-state index contributed by atoms with van der Waals surface area (Å²) in [6.45, 7) is 0. The van der Waals surface area contributed by atoms with Gasteiger partial charge in [-0.05, 0) is 50.8 Å². The van der Waals surface area contributed by atoms with Crippen LogP contribution >= 0.6 is 23.7 Å². The molecule has 5 rings (SSSR count). The number of aromatic nitrogens is 1. The molecule has 170 valence electrons. The summed E-state index contributed by atoms with van der Waals surface area (Å²) in [5.74, 6) is -3.34. The van der Waals surface area contributed by atoms with Crippen LogP contribution in [-0.4, -0.2) is 22.7 Å². The third kappa shape index (κ3) is 3.30. The highest BCUT2D eigenvalue weighted by atomic mass is 35.5. The van der Waals surface area contributed by atoms with Crippen LogP contribution in [0.4, 0.5) is 14.5 Å². The molecule has 2 aliphatic rings. The van der Waals surface area contributed by atoms with Crippen molar-refractivity contribution in [3.63, 3.8) is 0 Å². The Hall–Kier alpha value is -2.49. The van der Waals surface area contributed by atoms with E-state index in [0.717, 1.165) is 48.7 Å². The van der Waals surface area contributed by atoms with Crippen molar-refractivity contribution in [1.29, 1.82) is 0 Å². The van der Waals surface area contributed by atoms with Gasteiger partial charge >= 0.3 is 5.97 Å². The normalized spacial score (nSPS) is 17.8. The number of rotatable bonds is 4. The molecule has 32 heavy (non-hydrogen) atoms. The Morgan fingerprint density at radius 2 is 2.00 bits per heavy atom. The Morgan fingerprint density at radius 3 is 2.62 bits per heavy atom. The first-order valence-electron chi connectivity index (χ1n) is 10.2. The minimum Gasteiger partial charge on any atom is -0.477 e. The Labute approximate surface area is 192 Å². The van der Waals surface area contributed by atoms with Crippen molar-refractivity contribution in [1.82, 2.24) is 9.88 Å². The molecular weight excluding hydrogens is 460 g/mol. The summed E-state index contributed by atoms with van der Waals surface area (Å²) in [5.41, 5.74) is 4.64. The molecule has 0 spiro atoms. The Bertz CT molecular complexity index is 1320. The highest BCUT2D eigenvalue weighted by molar-refractivity contribution is 7.15. The number of anilines is 1. The van der Waals surface area contributed by atoms with Gasteiger partial charge in [-0.25, -0.2) is 13.6 Å². The van der Waals surface area contributed by atoms with Gasteiger partial charge in [-0.2, -0.15) is 0 Å². The third-order valence-electron chi connectivity index (χ3n) is 6.27. The number of hydrogen-bond donors (Lipinski definition) is 3. The minimum atomic E-state index is -1.45. The number of carbonyl (C=O) groups is 1. The molecule has 3 aromatic rings. The van der Waals surface area contributed by atoms with E-state index in [4.69, 9.17) is 5.73 Å². The lowest BCUT2D eigenvalue weighted by Crippen LogP contribution is -2.21. The lowest BCUT2D eigenvalue weighted by Gasteiger charge is -2.21. The zero-order chi connectivity index (χ0) is 22.0. The van der Waals surface area contributed by atoms with E-state index in [1.165, 1.54) is 15.9 Å². The number of nitrogens with zero attached hydrogens (tertiary/aromatic N) is 1. The Kier molecular flexibility index (Phi) is 5.77. The summed E-state index contributed by atoms with van der Waals surface area (Å²) >= 11 is 1.34. The highest BCUT2D eigenvalue weighted by Gasteiger charge is 2.33. The van der Waals surface area contributed by atoms with E-state index >= 15 is 8.78 Å². The zero-order valence-electron chi connectivity index (χ0n) is 17.2. The Morgan fingerprint density at radius 1 is 1.28 bits per heavy atom. The molecule has 0 amide bonds. The van der Waals surface area contributed by atoms with Crippen LogP contribution in [0, 0.1) is 11.6 Å². The molecule has 2 aliphatic carbocycles. The number of pyridine rings is 1. The average Bonchev–Trinajstić information content (AvgIpc) is 3.49. The van der Waals surface area contributed by atoms with Gasteiger partial charge in [0.15, 0.2) is 11.6 Å². The molecule has 0 radical (unpaired) electrons. The largest absolute Gasteiger partial charge is 0.477 e. The molecule has 6 nitrogen and oxygen atoms in total. The number of carboxylic acid groups (broad SMARTS) is 1. The first-order chi connectivity index (χ1) is 14.8. The van der Waals surface area contributed by atoms with Crippen LogP contribution in [0.5, 0.6) is 0 Å². The second kappa shape index (κ2) is 8.13. The summed E-state index contributed by atoms with van der Waals surface area (Å²) < 4.78 is 32.7. The second-order valence-corrected chi connectivity index (χ2v) is 9.32. The van der Waals surface area contributed by atoms with Crippen molar-refractivity contribution in [2.45, 2.75) is 44.2 Å². The van der Waals surface area contributed by atoms with E-state index in [0.29, 0.717) is 4.88 Å². The summed E-state index contributed by atoms with van der Waals surface area (Å²) in [5, 5.41) is 12.3. The summed E-state index contributed by atoms with van der Waals surface area (Å²) in [4.78, 5) is 25.8. The molecule has 0 saturated heterocycles. The van der Waals surface area contributed by atoms with Gasteiger partial charge in [0.05, 0.1) is 22.2 Å². The topological polar surface area (TPSA) is 97.3 Å². The minimum absolute atomic E-state index is 0. The standard InChI is InChI=1S/C22H21F2N3O3S.ClH/c1-26-12-3-2-4-13-10(12)7-14(31-13)15-17(23)19(25)16-20(18(15)24)27(9-5-6-9)8-11(21(16)28)22(29)30;/h7-9,12,26H,2-6,25H2,1H3,(H,29,30);1H. The van der Waals surface area contributed by atoms with Gasteiger partial charge in [0.1, 0.15) is 5.56 Å². The van der Waals surface area contributed by atoms with E-state index < -0.39 is 39.7 Å². The molecule has 1 fully saturated rings. The molecule has 0 bridgehead atoms. The first-order valence-corrected chi connectivity index (χ1v) is 11.0. The number of benzene rings is 1. The van der Waals surface area contributed by atoms with Gasteiger partial charge < -0.3 is 20.7 Å². The fraction of sp³-hybridized carbons (Fsp3) is 0.364. The van der Waals surface area contributed by atoms with Gasteiger partial charge in [-0.3, -0.25) is 4.79 Å². The van der Waals surface area contributed by atoms with Crippen molar-refractivity contribution in [3.8, 4) is 10.4 Å². The number of fused-ring (bicyclic) bond motifs is 2. The fourth-order valence-electron chi connectivity index (χ4n) is 4.55. The second-order valence-electron chi connectivity index (χ2n) is 8.18. The number of nitrogen functional groups attached to an aromatic ring is 1. The monoisotopic (exact) mass is 481 g/mol. The van der Waals surface area contributed by atoms with Crippen LogP contribution in [-0.2, 0) is 6.42 Å². The predicted octanol–water partition coefficient (Wildman–Crippen LogP) is 4.64. The van der Waals surface area contributed by atoms with Gasteiger partial charge in [-0.15, -0.1) is 23.7 Å². The lowest BCUT2D eigenvalue weighted by molar-refractivity contribution is 0.0695. The molecule has 4 N–H and O–H groups in total. The summed E-state index contributed by atoms with van der Waals surface area (Å²) in [6, 6.07) is 1.79. The van der Waals surface area contributed by atoms with Crippen molar-refractivity contribution in [3.05, 3.63) is 50.1 Å². The molecule has 2 heterocycles. The van der Waals surface area contributed by atoms with E-state index in [-0.39, 0.29) is 35.6 Å². The van der Waals surface area contributed by atoms with Crippen LogP contribution in [0.2, 0.25) is 0 Å². The first kappa shape index (κ1) is 22.7. The number of halogens is 3. The highest BCUT2D eigenvalue weighted by Crippen LogP contribution is 2.45. The van der Waals surface area contributed by atoms with Gasteiger partial charge in [0, 0.05) is 28.0 Å². The number of carboxylic acids is 1.